The van der Waals surface area contributed by atoms with Gasteiger partial charge >= 0.3 is 0 Å². The number of carbonyl (C=O) groups excluding carboxylic acids is 1. The first kappa shape index (κ1) is 12.7. The van der Waals surface area contributed by atoms with Gasteiger partial charge in [-0.1, -0.05) is 0 Å². The lowest BCUT2D eigenvalue weighted by Crippen LogP contribution is -2.49. The number of nitrogens with two attached hydrogens (primary N) is 1. The minimum Gasteiger partial charge on any atom is -0.350 e. The zero-order valence-corrected chi connectivity index (χ0v) is 9.14. The zero-order chi connectivity index (χ0) is 11.2. The van der Waals surface area contributed by atoms with E-state index in [0.29, 0.717) is 5.96 Å². The number of carbonyl (C=O) groups is 1. The first-order valence-corrected chi connectivity index (χ1v) is 4.37. The van der Waals surface area contributed by atoms with Crippen LogP contribution in [0.4, 0.5) is 0 Å². The summed E-state index contributed by atoms with van der Waals surface area (Å²) < 4.78 is 0. The molecule has 0 saturated carbocycles. The first-order valence-electron chi connectivity index (χ1n) is 4.37. The van der Waals surface area contributed by atoms with Crippen molar-refractivity contribution in [3.63, 3.8) is 0 Å². The molecule has 0 spiro atoms. The summed E-state index contributed by atoms with van der Waals surface area (Å²) in [6.07, 6.45) is 0. The van der Waals surface area contributed by atoms with Crippen molar-refractivity contribution in [1.82, 2.24) is 16.1 Å². The van der Waals surface area contributed by atoms with Gasteiger partial charge in [-0.2, -0.15) is 0 Å². The van der Waals surface area contributed by atoms with Crippen LogP contribution in [0.3, 0.4) is 0 Å². The average molecular weight is 201 g/mol. The van der Waals surface area contributed by atoms with E-state index in [9.17, 15) is 4.79 Å². The second-order valence-corrected chi connectivity index (χ2v) is 3.87. The molecule has 0 aliphatic heterocycles. The molecule has 82 valence electrons. The van der Waals surface area contributed by atoms with Gasteiger partial charge in [-0.25, -0.2) is 5.84 Å². The van der Waals surface area contributed by atoms with Crippen LogP contribution in [0.15, 0.2) is 4.99 Å². The third-order valence-electron chi connectivity index (χ3n) is 1.29. The maximum absolute atomic E-state index is 11.3. The Labute approximate surface area is 84.3 Å². The molecule has 0 atom stereocenters. The van der Waals surface area contributed by atoms with Crippen molar-refractivity contribution in [2.75, 3.05) is 13.6 Å². The molecule has 0 fully saturated rings. The highest BCUT2D eigenvalue weighted by atomic mass is 16.2. The van der Waals surface area contributed by atoms with Crippen molar-refractivity contribution >= 4 is 11.9 Å². The third-order valence-corrected chi connectivity index (χ3v) is 1.29. The molecule has 0 aromatic carbocycles. The lowest BCUT2D eigenvalue weighted by Gasteiger charge is -2.20. The summed E-state index contributed by atoms with van der Waals surface area (Å²) in [5, 5.41) is 5.54. The summed E-state index contributed by atoms with van der Waals surface area (Å²) in [6.45, 7) is 5.90. The second kappa shape index (κ2) is 5.43. The Morgan fingerprint density at radius 2 is 2.00 bits per heavy atom. The van der Waals surface area contributed by atoms with E-state index >= 15 is 0 Å². The van der Waals surface area contributed by atoms with Crippen LogP contribution in [0.25, 0.3) is 0 Å². The Morgan fingerprint density at radius 1 is 1.43 bits per heavy atom. The van der Waals surface area contributed by atoms with Gasteiger partial charge in [-0.15, -0.1) is 0 Å². The Morgan fingerprint density at radius 3 is 2.36 bits per heavy atom. The summed E-state index contributed by atoms with van der Waals surface area (Å²) in [4.78, 5) is 15.1. The molecular formula is C8H19N5O. The first-order chi connectivity index (χ1) is 6.39. The average Bonchev–Trinajstić information content (AvgIpc) is 2.03. The minimum absolute atomic E-state index is 0.103. The largest absolute Gasteiger partial charge is 0.350 e. The molecule has 6 heteroatoms. The van der Waals surface area contributed by atoms with E-state index in [-0.39, 0.29) is 18.0 Å². The smallest absolute Gasteiger partial charge is 0.239 e. The second-order valence-electron chi connectivity index (χ2n) is 3.87. The fourth-order valence-electron chi connectivity index (χ4n) is 0.821. The Bertz CT molecular complexity index is 218. The number of hydrogen-bond acceptors (Lipinski definition) is 3. The number of amides is 1. The van der Waals surface area contributed by atoms with Crippen molar-refractivity contribution < 1.29 is 4.79 Å². The number of nitrogens with zero attached hydrogens (tertiary/aromatic N) is 1. The highest BCUT2D eigenvalue weighted by Crippen LogP contribution is 1.96. The van der Waals surface area contributed by atoms with Crippen LogP contribution >= 0.6 is 0 Å². The van der Waals surface area contributed by atoms with Crippen molar-refractivity contribution in [3.8, 4) is 0 Å². The van der Waals surface area contributed by atoms with Crippen molar-refractivity contribution in [1.29, 1.82) is 0 Å². The van der Waals surface area contributed by atoms with Gasteiger partial charge in [0.2, 0.25) is 11.9 Å². The van der Waals surface area contributed by atoms with Crippen LogP contribution in [-0.2, 0) is 4.79 Å². The van der Waals surface area contributed by atoms with Crippen LogP contribution in [0, 0.1) is 0 Å². The Kier molecular flexibility index (Phi) is 4.93. The fraction of sp³-hybridized carbons (Fsp3) is 0.750. The van der Waals surface area contributed by atoms with Crippen molar-refractivity contribution in [2.45, 2.75) is 26.3 Å². The number of aliphatic imine (C=N–C) groups is 1. The molecule has 1 amide bonds. The number of hydrazine groups is 1. The van der Waals surface area contributed by atoms with Crippen LogP contribution in [-0.4, -0.2) is 31.0 Å². The third kappa shape index (κ3) is 6.24. The summed E-state index contributed by atoms with van der Waals surface area (Å²) in [5.41, 5.74) is 2.11. The van der Waals surface area contributed by atoms with E-state index in [1.807, 2.05) is 20.8 Å². The number of hydrogen-bond donors (Lipinski definition) is 4. The van der Waals surface area contributed by atoms with Gasteiger partial charge in [0, 0.05) is 12.6 Å². The lowest BCUT2D eigenvalue weighted by atomic mass is 10.1. The van der Waals surface area contributed by atoms with E-state index in [2.05, 4.69) is 21.1 Å². The fourth-order valence-corrected chi connectivity index (χ4v) is 0.821. The highest BCUT2D eigenvalue weighted by molar-refractivity contribution is 5.86. The number of guanidine groups is 1. The monoisotopic (exact) mass is 201 g/mol. The molecule has 0 aromatic heterocycles. The molecule has 0 aromatic rings. The van der Waals surface area contributed by atoms with Gasteiger partial charge in [0.05, 0.1) is 6.54 Å². The van der Waals surface area contributed by atoms with Gasteiger partial charge in [-0.3, -0.25) is 15.2 Å². The van der Waals surface area contributed by atoms with E-state index < -0.39 is 0 Å². The molecular weight excluding hydrogens is 182 g/mol. The molecule has 0 unspecified atom stereocenters. The molecule has 5 N–H and O–H groups in total. The summed E-state index contributed by atoms with van der Waals surface area (Å²) in [5.74, 6) is 5.40. The molecule has 0 rings (SSSR count). The normalized spacial score (nSPS) is 12.2. The van der Waals surface area contributed by atoms with Gasteiger partial charge in [-0.05, 0) is 20.8 Å². The molecule has 0 aliphatic carbocycles. The van der Waals surface area contributed by atoms with Crippen LogP contribution in [0.2, 0.25) is 0 Å². The molecule has 0 heterocycles. The Balaban J connectivity index is 3.86. The van der Waals surface area contributed by atoms with Crippen LogP contribution in [0.1, 0.15) is 20.8 Å². The zero-order valence-electron chi connectivity index (χ0n) is 9.14. The Hall–Kier alpha value is -1.30. The predicted octanol–water partition coefficient (Wildman–Crippen LogP) is -1.06. The van der Waals surface area contributed by atoms with E-state index in [4.69, 9.17) is 5.84 Å². The van der Waals surface area contributed by atoms with E-state index in [1.54, 1.807) is 7.05 Å². The van der Waals surface area contributed by atoms with Crippen molar-refractivity contribution in [2.24, 2.45) is 10.8 Å². The topological polar surface area (TPSA) is 91.5 Å². The predicted molar refractivity (Wildman–Crippen MR) is 56.6 cm³/mol. The molecule has 0 saturated heterocycles. The number of rotatable bonds is 2. The van der Waals surface area contributed by atoms with Crippen molar-refractivity contribution in [3.05, 3.63) is 0 Å². The van der Waals surface area contributed by atoms with Crippen LogP contribution in [0.5, 0.6) is 0 Å². The summed E-state index contributed by atoms with van der Waals surface area (Å²) in [6, 6.07) is 0. The van der Waals surface area contributed by atoms with E-state index in [1.165, 1.54) is 0 Å². The minimum atomic E-state index is -0.224. The molecule has 0 bridgehead atoms. The highest BCUT2D eigenvalue weighted by Gasteiger charge is 2.13. The molecule has 0 radical (unpaired) electrons. The molecule has 14 heavy (non-hydrogen) atoms. The van der Waals surface area contributed by atoms with Crippen LogP contribution < -0.4 is 21.9 Å². The van der Waals surface area contributed by atoms with Gasteiger partial charge in [0.15, 0.2) is 0 Å². The number of nitrogens with one attached hydrogen (secondary N) is 3. The molecule has 6 nitrogen and oxygen atoms in total. The SMILES string of the molecule is CN=C(NN)NCC(=O)NC(C)(C)C. The van der Waals surface area contributed by atoms with Gasteiger partial charge in [0.25, 0.3) is 0 Å². The molecule has 0 aliphatic rings. The van der Waals surface area contributed by atoms with E-state index in [0.717, 1.165) is 0 Å². The maximum Gasteiger partial charge on any atom is 0.239 e. The van der Waals surface area contributed by atoms with Gasteiger partial charge in [0.1, 0.15) is 0 Å². The standard InChI is InChI=1S/C8H19N5O/c1-8(2,3)12-6(14)5-11-7(10-4)13-9/h5,9H2,1-4H3,(H,12,14)(H2,10,11,13). The lowest BCUT2D eigenvalue weighted by molar-refractivity contribution is -0.121. The quantitative estimate of drug-likeness (QED) is 0.198. The van der Waals surface area contributed by atoms with Gasteiger partial charge < -0.3 is 10.6 Å². The summed E-state index contributed by atoms with van der Waals surface area (Å²) >= 11 is 0. The summed E-state index contributed by atoms with van der Waals surface area (Å²) in [7, 11) is 1.57. The maximum atomic E-state index is 11.3.